The second-order valence-corrected chi connectivity index (χ2v) is 13.0. The van der Waals surface area contributed by atoms with Gasteiger partial charge in [-0.15, -0.1) is 0 Å². The number of para-hydroxylation sites is 1. The van der Waals surface area contributed by atoms with Crippen LogP contribution in [0.25, 0.3) is 0 Å². The molecule has 0 bridgehead atoms. The van der Waals surface area contributed by atoms with Gasteiger partial charge in [-0.1, -0.05) is 91.0 Å². The summed E-state index contributed by atoms with van der Waals surface area (Å²) in [6.07, 6.45) is 2.30. The quantitative estimate of drug-likeness (QED) is 0.212. The third-order valence-electron chi connectivity index (χ3n) is 8.09. The van der Waals surface area contributed by atoms with Crippen molar-refractivity contribution in [3.63, 3.8) is 0 Å². The van der Waals surface area contributed by atoms with Crippen LogP contribution in [0.3, 0.4) is 0 Å². The lowest BCUT2D eigenvalue weighted by atomic mass is 10.0. The minimum Gasteiger partial charge on any atom is -0.496 e. The van der Waals surface area contributed by atoms with E-state index < -0.39 is 16.1 Å². The van der Waals surface area contributed by atoms with Crippen LogP contribution >= 0.6 is 0 Å². The molecule has 1 heterocycles. The molecule has 9 heteroatoms. The fourth-order valence-corrected chi connectivity index (χ4v) is 7.16. The highest BCUT2D eigenvalue weighted by Gasteiger charge is 2.32. The van der Waals surface area contributed by atoms with Crippen molar-refractivity contribution in [1.82, 2.24) is 14.5 Å². The molecule has 0 aromatic heterocycles. The predicted octanol–water partition coefficient (Wildman–Crippen LogP) is 5.50. The van der Waals surface area contributed by atoms with Crippen LogP contribution in [0.5, 0.6) is 5.75 Å². The Hall–Kier alpha value is -4.47. The zero-order valence-corrected chi connectivity index (χ0v) is 26.3. The fraction of sp³-hybridized carbons (Fsp3) is 0.278. The molecule has 234 valence electrons. The molecule has 0 spiro atoms. The first kappa shape index (κ1) is 31.9. The molecule has 0 saturated carbocycles. The van der Waals surface area contributed by atoms with Crippen LogP contribution < -0.4 is 10.1 Å². The van der Waals surface area contributed by atoms with Gasteiger partial charge in [0.15, 0.2) is 0 Å². The molecule has 5 rings (SSSR count). The van der Waals surface area contributed by atoms with Gasteiger partial charge in [0.2, 0.25) is 21.8 Å². The lowest BCUT2D eigenvalue weighted by Crippen LogP contribution is -2.43. The summed E-state index contributed by atoms with van der Waals surface area (Å²) in [5.41, 5.74) is 3.29. The number of carbonyl (C=O) groups excluding carboxylic acids is 2. The molecule has 1 fully saturated rings. The average molecular weight is 626 g/mol. The summed E-state index contributed by atoms with van der Waals surface area (Å²) in [5, 5.41) is 3.04. The SMILES string of the molecule is COc1ccccc1CNC(=O)C(c1ccccc1)N(Cc1ccccc1)C(=O)CCc1ccc(S(=O)(=O)N2CCCC2)cc1. The second kappa shape index (κ2) is 15.0. The van der Waals surface area contributed by atoms with E-state index in [1.807, 2.05) is 84.9 Å². The number of amides is 2. The van der Waals surface area contributed by atoms with E-state index in [1.165, 1.54) is 4.31 Å². The van der Waals surface area contributed by atoms with Crippen LogP contribution in [-0.4, -0.2) is 49.6 Å². The van der Waals surface area contributed by atoms with E-state index in [0.717, 1.165) is 29.5 Å². The summed E-state index contributed by atoms with van der Waals surface area (Å²) >= 11 is 0. The Bertz CT molecular complexity index is 1670. The highest BCUT2D eigenvalue weighted by molar-refractivity contribution is 7.89. The topological polar surface area (TPSA) is 96.0 Å². The monoisotopic (exact) mass is 625 g/mol. The van der Waals surface area contributed by atoms with E-state index in [4.69, 9.17) is 4.74 Å². The highest BCUT2D eigenvalue weighted by atomic mass is 32.2. The number of aryl methyl sites for hydroxylation is 1. The van der Waals surface area contributed by atoms with Crippen LogP contribution in [0.1, 0.15) is 47.6 Å². The Labute approximate surface area is 265 Å². The minimum atomic E-state index is -3.51. The molecule has 8 nitrogen and oxygen atoms in total. The Kier molecular flexibility index (Phi) is 10.7. The summed E-state index contributed by atoms with van der Waals surface area (Å²) in [7, 11) is -1.92. The van der Waals surface area contributed by atoms with Gasteiger partial charge in [0.1, 0.15) is 11.8 Å². The van der Waals surface area contributed by atoms with Gasteiger partial charge < -0.3 is 15.0 Å². The van der Waals surface area contributed by atoms with Crippen molar-refractivity contribution in [2.45, 2.75) is 49.7 Å². The molecule has 0 radical (unpaired) electrons. The number of nitrogens with zero attached hydrogens (tertiary/aromatic N) is 2. The number of nitrogens with one attached hydrogen (secondary N) is 1. The molecule has 1 N–H and O–H groups in total. The van der Waals surface area contributed by atoms with Crippen LogP contribution in [0, 0.1) is 0 Å². The third kappa shape index (κ3) is 7.98. The molecule has 2 amide bonds. The van der Waals surface area contributed by atoms with Gasteiger partial charge in [-0.25, -0.2) is 8.42 Å². The van der Waals surface area contributed by atoms with Crippen LogP contribution in [0.2, 0.25) is 0 Å². The van der Waals surface area contributed by atoms with E-state index in [-0.39, 0.29) is 36.2 Å². The molecule has 1 atom stereocenters. The summed E-state index contributed by atoms with van der Waals surface area (Å²) in [6.45, 7) is 1.58. The molecular weight excluding hydrogens is 586 g/mol. The Balaban J connectivity index is 1.37. The lowest BCUT2D eigenvalue weighted by molar-refractivity contribution is -0.141. The minimum absolute atomic E-state index is 0.147. The first-order valence-electron chi connectivity index (χ1n) is 15.2. The first-order valence-corrected chi connectivity index (χ1v) is 16.7. The normalized spacial score (nSPS) is 14.1. The first-order chi connectivity index (χ1) is 21.9. The summed E-state index contributed by atoms with van der Waals surface area (Å²) in [6, 6.07) is 32.3. The van der Waals surface area contributed by atoms with E-state index in [0.29, 0.717) is 30.8 Å². The fourth-order valence-electron chi connectivity index (χ4n) is 5.64. The van der Waals surface area contributed by atoms with Gasteiger partial charge in [0.25, 0.3) is 0 Å². The summed E-state index contributed by atoms with van der Waals surface area (Å²) < 4.78 is 32.9. The molecular formula is C36H39N3O5S. The molecule has 1 unspecified atom stereocenters. The van der Waals surface area contributed by atoms with Gasteiger partial charge in [-0.05, 0) is 54.2 Å². The van der Waals surface area contributed by atoms with Crippen molar-refractivity contribution in [3.8, 4) is 5.75 Å². The largest absolute Gasteiger partial charge is 0.496 e. The van der Waals surface area contributed by atoms with E-state index >= 15 is 0 Å². The molecule has 1 saturated heterocycles. The van der Waals surface area contributed by atoms with Gasteiger partial charge >= 0.3 is 0 Å². The number of ether oxygens (including phenoxy) is 1. The molecule has 1 aliphatic rings. The highest BCUT2D eigenvalue weighted by Crippen LogP contribution is 2.27. The van der Waals surface area contributed by atoms with E-state index in [1.54, 1.807) is 36.3 Å². The van der Waals surface area contributed by atoms with Crippen LogP contribution in [0.4, 0.5) is 0 Å². The second-order valence-electron chi connectivity index (χ2n) is 11.1. The van der Waals surface area contributed by atoms with Crippen molar-refractivity contribution >= 4 is 21.8 Å². The van der Waals surface area contributed by atoms with E-state index in [9.17, 15) is 18.0 Å². The number of benzene rings is 4. The zero-order valence-electron chi connectivity index (χ0n) is 25.5. The van der Waals surface area contributed by atoms with Crippen molar-refractivity contribution in [2.75, 3.05) is 20.2 Å². The van der Waals surface area contributed by atoms with Crippen molar-refractivity contribution < 1.29 is 22.7 Å². The average Bonchev–Trinajstić information content (AvgIpc) is 3.64. The van der Waals surface area contributed by atoms with Gasteiger partial charge in [-0.2, -0.15) is 4.31 Å². The molecule has 0 aliphatic carbocycles. The zero-order chi connectivity index (χ0) is 31.6. The maximum Gasteiger partial charge on any atom is 0.247 e. The number of sulfonamides is 1. The molecule has 45 heavy (non-hydrogen) atoms. The third-order valence-corrected chi connectivity index (χ3v) is 10.0. The summed E-state index contributed by atoms with van der Waals surface area (Å²) in [5.74, 6) is 0.187. The van der Waals surface area contributed by atoms with Gasteiger partial charge in [-0.3, -0.25) is 9.59 Å². The van der Waals surface area contributed by atoms with Crippen LogP contribution in [-0.2, 0) is 39.1 Å². The summed E-state index contributed by atoms with van der Waals surface area (Å²) in [4.78, 5) is 29.9. The maximum absolute atomic E-state index is 14.0. The number of methoxy groups -OCH3 is 1. The van der Waals surface area contributed by atoms with Gasteiger partial charge in [0.05, 0.1) is 12.0 Å². The predicted molar refractivity (Wildman–Crippen MR) is 174 cm³/mol. The van der Waals surface area contributed by atoms with Crippen molar-refractivity contribution in [1.29, 1.82) is 0 Å². The molecule has 4 aromatic rings. The van der Waals surface area contributed by atoms with Gasteiger partial charge in [0, 0.05) is 38.2 Å². The molecule has 4 aromatic carbocycles. The Morgan fingerprint density at radius 3 is 2.11 bits per heavy atom. The molecule has 1 aliphatic heterocycles. The van der Waals surface area contributed by atoms with E-state index in [2.05, 4.69) is 5.32 Å². The number of hydrogen-bond acceptors (Lipinski definition) is 5. The van der Waals surface area contributed by atoms with Crippen molar-refractivity contribution in [2.24, 2.45) is 0 Å². The van der Waals surface area contributed by atoms with Crippen molar-refractivity contribution in [3.05, 3.63) is 131 Å². The van der Waals surface area contributed by atoms with Crippen LogP contribution in [0.15, 0.2) is 114 Å². The standard InChI is InChI=1S/C36H39N3O5S/c1-44-33-17-9-8-16-31(33)26-37-36(41)35(30-14-6-3-7-15-30)39(27-29-12-4-2-5-13-29)34(40)23-20-28-18-21-32(22-19-28)45(42,43)38-24-10-11-25-38/h2-9,12-19,21-22,35H,10-11,20,23-27H2,1H3,(H,37,41). The number of rotatable bonds is 13. The maximum atomic E-state index is 14.0. The Morgan fingerprint density at radius 1 is 0.822 bits per heavy atom. The lowest BCUT2D eigenvalue weighted by Gasteiger charge is -2.32. The smallest absolute Gasteiger partial charge is 0.247 e. The number of hydrogen-bond donors (Lipinski definition) is 1. The number of carbonyl (C=O) groups is 2. The Morgan fingerprint density at radius 2 is 1.44 bits per heavy atom.